The van der Waals surface area contributed by atoms with Gasteiger partial charge in [0.1, 0.15) is 0 Å². The van der Waals surface area contributed by atoms with Gasteiger partial charge in [0, 0.05) is 11.8 Å². The predicted molar refractivity (Wildman–Crippen MR) is 80.9 cm³/mol. The molecule has 0 amide bonds. The summed E-state index contributed by atoms with van der Waals surface area (Å²) in [6, 6.07) is 0. The molecule has 0 unspecified atom stereocenters. The van der Waals surface area contributed by atoms with Gasteiger partial charge >= 0.3 is 0 Å². The van der Waals surface area contributed by atoms with Crippen LogP contribution in [-0.4, -0.2) is 38.9 Å². The van der Waals surface area contributed by atoms with Crippen LogP contribution < -0.4 is 0 Å². The number of carbonyl (C=O) groups excluding carboxylic acids is 1. The van der Waals surface area contributed by atoms with Crippen molar-refractivity contribution in [1.29, 1.82) is 0 Å². The van der Waals surface area contributed by atoms with Gasteiger partial charge in [0.15, 0.2) is 5.78 Å². The first-order valence-electron chi connectivity index (χ1n) is 8.69. The molecule has 0 bridgehead atoms. The molecular weight excluding hydrogens is 280 g/mol. The summed E-state index contributed by atoms with van der Waals surface area (Å²) in [5, 5.41) is 32.4. The first-order valence-corrected chi connectivity index (χ1v) is 8.69. The molecule has 0 radical (unpaired) electrons. The number of rotatable bonds is 0. The number of fused-ring (bicyclic) bond motifs is 5. The SMILES string of the molecule is C[C@]12[C@H](O)C[C@H]3[C@@H](CCC4=CC(=O)CC[C@@]43O)[C@@H]1CC[C@@H]2O. The van der Waals surface area contributed by atoms with Crippen molar-refractivity contribution < 1.29 is 20.1 Å². The fourth-order valence-electron chi connectivity index (χ4n) is 6.15. The molecule has 0 aromatic heterocycles. The molecule has 4 rings (SSSR count). The maximum absolute atomic E-state index is 11.7. The van der Waals surface area contributed by atoms with Crippen LogP contribution in [0, 0.1) is 23.2 Å². The van der Waals surface area contributed by atoms with Crippen LogP contribution in [0.15, 0.2) is 11.6 Å². The minimum Gasteiger partial charge on any atom is -0.392 e. The molecule has 3 N–H and O–H groups in total. The third-order valence-electron chi connectivity index (χ3n) is 7.50. The van der Waals surface area contributed by atoms with Crippen molar-refractivity contribution in [2.45, 2.75) is 69.7 Å². The van der Waals surface area contributed by atoms with Crippen LogP contribution in [-0.2, 0) is 4.79 Å². The standard InChI is InChI=1S/C18H26O4/c1-17-13(4-5-15(17)20)12-3-2-10-8-11(19)6-7-18(10,22)14(12)9-16(17)21/h8,12-16,20-22H,2-7,9H2,1H3/t12-,13-,14-,15-,16+,17-,18+/m0/s1. The van der Waals surface area contributed by atoms with Crippen molar-refractivity contribution >= 4 is 5.78 Å². The molecule has 7 atom stereocenters. The van der Waals surface area contributed by atoms with Gasteiger partial charge in [-0.05, 0) is 67.9 Å². The summed E-state index contributed by atoms with van der Waals surface area (Å²) in [7, 11) is 0. The molecular formula is C18H26O4. The van der Waals surface area contributed by atoms with Crippen LogP contribution >= 0.6 is 0 Å². The molecule has 4 aliphatic carbocycles. The average Bonchev–Trinajstić information content (AvgIpc) is 2.79. The minimum atomic E-state index is -0.910. The van der Waals surface area contributed by atoms with Crippen molar-refractivity contribution in [3.8, 4) is 0 Å². The smallest absolute Gasteiger partial charge is 0.155 e. The van der Waals surface area contributed by atoms with E-state index in [1.807, 2.05) is 6.92 Å². The number of aliphatic hydroxyl groups is 3. The molecule has 3 fully saturated rings. The molecule has 3 saturated carbocycles. The maximum atomic E-state index is 11.7. The van der Waals surface area contributed by atoms with E-state index in [9.17, 15) is 20.1 Å². The molecule has 0 aromatic carbocycles. The average molecular weight is 306 g/mol. The quantitative estimate of drug-likeness (QED) is 0.635. The molecule has 4 heteroatoms. The van der Waals surface area contributed by atoms with Crippen LogP contribution in [0.1, 0.15) is 51.9 Å². The van der Waals surface area contributed by atoms with Gasteiger partial charge in [0.05, 0.1) is 17.8 Å². The van der Waals surface area contributed by atoms with Crippen molar-refractivity contribution in [3.05, 3.63) is 11.6 Å². The van der Waals surface area contributed by atoms with E-state index in [2.05, 4.69) is 0 Å². The van der Waals surface area contributed by atoms with Gasteiger partial charge in [0.2, 0.25) is 0 Å². The minimum absolute atomic E-state index is 0.0268. The van der Waals surface area contributed by atoms with E-state index in [1.54, 1.807) is 6.08 Å². The lowest BCUT2D eigenvalue weighted by Gasteiger charge is -2.58. The maximum Gasteiger partial charge on any atom is 0.155 e. The Kier molecular flexibility index (Phi) is 3.14. The van der Waals surface area contributed by atoms with Crippen molar-refractivity contribution in [2.75, 3.05) is 0 Å². The topological polar surface area (TPSA) is 77.8 Å². The van der Waals surface area contributed by atoms with E-state index in [0.717, 1.165) is 31.3 Å². The molecule has 0 aromatic rings. The zero-order valence-electron chi connectivity index (χ0n) is 13.2. The third kappa shape index (κ3) is 1.72. The summed E-state index contributed by atoms with van der Waals surface area (Å²) in [4.78, 5) is 11.7. The fraction of sp³-hybridized carbons (Fsp3) is 0.833. The second-order valence-electron chi connectivity index (χ2n) is 8.19. The molecule has 0 spiro atoms. The number of hydrogen-bond donors (Lipinski definition) is 3. The third-order valence-corrected chi connectivity index (χ3v) is 7.50. The van der Waals surface area contributed by atoms with Crippen LogP contribution in [0.3, 0.4) is 0 Å². The van der Waals surface area contributed by atoms with Crippen molar-refractivity contribution in [3.63, 3.8) is 0 Å². The molecule has 0 heterocycles. The first-order chi connectivity index (χ1) is 10.4. The highest BCUT2D eigenvalue weighted by atomic mass is 16.3. The molecule has 122 valence electrons. The molecule has 0 aliphatic heterocycles. The predicted octanol–water partition coefficient (Wildman–Crippen LogP) is 1.57. The Bertz CT molecular complexity index is 541. The first kappa shape index (κ1) is 14.9. The summed E-state index contributed by atoms with van der Waals surface area (Å²) in [6.07, 6.45) is 5.52. The van der Waals surface area contributed by atoms with Crippen molar-refractivity contribution in [2.24, 2.45) is 23.2 Å². The number of ketones is 1. The Labute approximate surface area is 131 Å². The van der Waals surface area contributed by atoms with E-state index in [4.69, 9.17) is 0 Å². The van der Waals surface area contributed by atoms with E-state index >= 15 is 0 Å². The molecule has 0 saturated heterocycles. The van der Waals surface area contributed by atoms with Crippen LogP contribution in [0.25, 0.3) is 0 Å². The van der Waals surface area contributed by atoms with Crippen molar-refractivity contribution in [1.82, 2.24) is 0 Å². The van der Waals surface area contributed by atoms with E-state index in [1.165, 1.54) is 0 Å². The van der Waals surface area contributed by atoms with E-state index in [-0.39, 0.29) is 17.6 Å². The highest BCUT2D eigenvalue weighted by molar-refractivity contribution is 5.92. The van der Waals surface area contributed by atoms with Gasteiger partial charge in [0.25, 0.3) is 0 Å². The Morgan fingerprint density at radius 1 is 1.09 bits per heavy atom. The molecule has 4 nitrogen and oxygen atoms in total. The van der Waals surface area contributed by atoms with Crippen LogP contribution in [0.5, 0.6) is 0 Å². The van der Waals surface area contributed by atoms with E-state index in [0.29, 0.717) is 25.2 Å². The largest absolute Gasteiger partial charge is 0.392 e. The number of hydrogen-bond acceptors (Lipinski definition) is 4. The summed E-state index contributed by atoms with van der Waals surface area (Å²) in [6.45, 7) is 2.02. The van der Waals surface area contributed by atoms with E-state index < -0.39 is 23.2 Å². The Balaban J connectivity index is 1.73. The van der Waals surface area contributed by atoms with Crippen LogP contribution in [0.2, 0.25) is 0 Å². The Morgan fingerprint density at radius 3 is 2.64 bits per heavy atom. The van der Waals surface area contributed by atoms with Crippen LogP contribution in [0.4, 0.5) is 0 Å². The summed E-state index contributed by atoms with van der Waals surface area (Å²) in [5.41, 5.74) is -0.449. The number of carbonyl (C=O) groups is 1. The second-order valence-corrected chi connectivity index (χ2v) is 8.19. The van der Waals surface area contributed by atoms with Gasteiger partial charge in [-0.15, -0.1) is 0 Å². The van der Waals surface area contributed by atoms with Gasteiger partial charge in [-0.25, -0.2) is 0 Å². The fourth-order valence-corrected chi connectivity index (χ4v) is 6.15. The zero-order valence-corrected chi connectivity index (χ0v) is 13.2. The second kappa shape index (κ2) is 4.65. The Hall–Kier alpha value is -0.710. The van der Waals surface area contributed by atoms with Gasteiger partial charge in [-0.3, -0.25) is 4.79 Å². The lowest BCUT2D eigenvalue weighted by atomic mass is 9.49. The van der Waals surface area contributed by atoms with Gasteiger partial charge in [-0.1, -0.05) is 6.92 Å². The highest BCUT2D eigenvalue weighted by Crippen LogP contribution is 2.62. The molecule has 22 heavy (non-hydrogen) atoms. The lowest BCUT2D eigenvalue weighted by molar-refractivity contribution is -0.171. The normalized spacial score (nSPS) is 54.3. The van der Waals surface area contributed by atoms with Gasteiger partial charge < -0.3 is 15.3 Å². The zero-order chi connectivity index (χ0) is 15.7. The summed E-state index contributed by atoms with van der Waals surface area (Å²) < 4.78 is 0. The lowest BCUT2D eigenvalue weighted by Crippen LogP contribution is -2.60. The summed E-state index contributed by atoms with van der Waals surface area (Å²) in [5.74, 6) is 0.773. The monoisotopic (exact) mass is 306 g/mol. The van der Waals surface area contributed by atoms with Gasteiger partial charge in [-0.2, -0.15) is 0 Å². The Morgan fingerprint density at radius 2 is 1.86 bits per heavy atom. The molecule has 4 aliphatic rings. The number of aliphatic hydroxyl groups excluding tert-OH is 2. The summed E-state index contributed by atoms with van der Waals surface area (Å²) >= 11 is 0. The highest BCUT2D eigenvalue weighted by Gasteiger charge is 2.63.